The fourth-order valence-electron chi connectivity index (χ4n) is 2.69. The summed E-state index contributed by atoms with van der Waals surface area (Å²) in [7, 11) is 0. The molecule has 0 heterocycles. The van der Waals surface area contributed by atoms with Crippen LogP contribution in [0, 0.1) is 20.8 Å². The molecule has 0 saturated carbocycles. The molecule has 0 unspecified atom stereocenters. The molecule has 0 spiro atoms. The van der Waals surface area contributed by atoms with Gasteiger partial charge in [0.15, 0.2) is 6.61 Å². The highest BCUT2D eigenvalue weighted by atomic mass is 16.5. The lowest BCUT2D eigenvalue weighted by molar-refractivity contribution is 0.0920. The summed E-state index contributed by atoms with van der Waals surface area (Å²) in [5.41, 5.74) is 3.93. The molecule has 23 heavy (non-hydrogen) atoms. The van der Waals surface area contributed by atoms with Gasteiger partial charge >= 0.3 is 0 Å². The molecule has 0 aliphatic carbocycles. The minimum Gasteiger partial charge on any atom is -0.494 e. The Hall–Kier alpha value is -2.29. The number of hydrogen-bond donors (Lipinski definition) is 0. The molecule has 122 valence electrons. The Bertz CT molecular complexity index is 649. The second-order valence-electron chi connectivity index (χ2n) is 5.81. The Kier molecular flexibility index (Phi) is 5.80. The molecule has 0 aliphatic heterocycles. The van der Waals surface area contributed by atoms with E-state index < -0.39 is 0 Å². The first-order chi connectivity index (χ1) is 11.0. The molecular formula is C20H24O3. The van der Waals surface area contributed by atoms with Gasteiger partial charge in [-0.05, 0) is 62.6 Å². The van der Waals surface area contributed by atoms with Gasteiger partial charge in [0.05, 0.1) is 6.61 Å². The van der Waals surface area contributed by atoms with E-state index in [0.717, 1.165) is 28.9 Å². The topological polar surface area (TPSA) is 35.5 Å². The zero-order chi connectivity index (χ0) is 16.8. The van der Waals surface area contributed by atoms with Gasteiger partial charge in [-0.3, -0.25) is 4.79 Å². The lowest BCUT2D eigenvalue weighted by atomic mass is 9.97. The molecule has 2 rings (SSSR count). The smallest absolute Gasteiger partial charge is 0.200 e. The first kappa shape index (κ1) is 17.1. The van der Waals surface area contributed by atoms with Crippen molar-refractivity contribution in [3.8, 4) is 11.5 Å². The molecule has 2 aromatic carbocycles. The number of ether oxygens (including phenoxy) is 2. The van der Waals surface area contributed by atoms with Gasteiger partial charge in [0, 0.05) is 5.56 Å². The number of benzene rings is 2. The van der Waals surface area contributed by atoms with Crippen LogP contribution in [-0.4, -0.2) is 19.0 Å². The summed E-state index contributed by atoms with van der Waals surface area (Å²) in [4.78, 5) is 12.4. The summed E-state index contributed by atoms with van der Waals surface area (Å²) < 4.78 is 11.1. The molecule has 2 aromatic rings. The average molecular weight is 312 g/mol. The van der Waals surface area contributed by atoms with Gasteiger partial charge in [0.1, 0.15) is 11.5 Å². The number of ketones is 1. The molecule has 3 heteroatoms. The highest BCUT2D eigenvalue weighted by Gasteiger charge is 2.13. The largest absolute Gasteiger partial charge is 0.494 e. The fraction of sp³-hybridized carbons (Fsp3) is 0.350. The number of carbonyl (C=O) groups excluding carboxylic acids is 1. The highest BCUT2D eigenvalue weighted by Crippen LogP contribution is 2.20. The van der Waals surface area contributed by atoms with Crippen LogP contribution >= 0.6 is 0 Å². The molecule has 3 nitrogen and oxygen atoms in total. The average Bonchev–Trinajstić information content (AvgIpc) is 2.51. The van der Waals surface area contributed by atoms with Gasteiger partial charge in [-0.25, -0.2) is 0 Å². The standard InChI is InChI=1S/C20H24O3/c1-5-10-22-17-6-8-18(9-7-17)23-13-19(21)20-15(3)11-14(2)12-16(20)4/h6-9,11-12H,5,10,13H2,1-4H3. The van der Waals surface area contributed by atoms with E-state index in [1.165, 1.54) is 5.56 Å². The van der Waals surface area contributed by atoms with E-state index in [9.17, 15) is 4.79 Å². The fourth-order valence-corrected chi connectivity index (χ4v) is 2.69. The maximum absolute atomic E-state index is 12.4. The van der Waals surface area contributed by atoms with Crippen molar-refractivity contribution in [2.75, 3.05) is 13.2 Å². The predicted molar refractivity (Wildman–Crippen MR) is 92.7 cm³/mol. The third kappa shape index (κ3) is 4.59. The monoisotopic (exact) mass is 312 g/mol. The number of Topliss-reactive ketones (excluding diaryl/α,β-unsaturated/α-hetero) is 1. The molecular weight excluding hydrogens is 288 g/mol. The van der Waals surface area contributed by atoms with Crippen molar-refractivity contribution in [2.24, 2.45) is 0 Å². The zero-order valence-electron chi connectivity index (χ0n) is 14.3. The molecule has 0 N–H and O–H groups in total. The molecule has 0 fully saturated rings. The number of hydrogen-bond acceptors (Lipinski definition) is 3. The second kappa shape index (κ2) is 7.82. The van der Waals surface area contributed by atoms with E-state index in [4.69, 9.17) is 9.47 Å². The van der Waals surface area contributed by atoms with Crippen molar-refractivity contribution in [1.82, 2.24) is 0 Å². The van der Waals surface area contributed by atoms with Crippen molar-refractivity contribution >= 4 is 5.78 Å². The third-order valence-electron chi connectivity index (χ3n) is 3.62. The quantitative estimate of drug-likeness (QED) is 0.697. The van der Waals surface area contributed by atoms with E-state index in [0.29, 0.717) is 12.4 Å². The minimum atomic E-state index is 0.00584. The van der Waals surface area contributed by atoms with Crippen LogP contribution in [0.15, 0.2) is 36.4 Å². The number of rotatable bonds is 7. The Morgan fingerprint density at radius 2 is 1.43 bits per heavy atom. The highest BCUT2D eigenvalue weighted by molar-refractivity contribution is 6.00. The van der Waals surface area contributed by atoms with Crippen LogP contribution in [0.5, 0.6) is 11.5 Å². The van der Waals surface area contributed by atoms with Crippen molar-refractivity contribution in [2.45, 2.75) is 34.1 Å². The number of carbonyl (C=O) groups is 1. The molecule has 0 radical (unpaired) electrons. The Morgan fingerprint density at radius 1 is 0.913 bits per heavy atom. The lowest BCUT2D eigenvalue weighted by Crippen LogP contribution is -2.14. The minimum absolute atomic E-state index is 0.00584. The summed E-state index contributed by atoms with van der Waals surface area (Å²) >= 11 is 0. The normalized spacial score (nSPS) is 10.4. The summed E-state index contributed by atoms with van der Waals surface area (Å²) in [6.07, 6.45) is 0.974. The molecule has 0 amide bonds. The predicted octanol–water partition coefficient (Wildman–Crippen LogP) is 4.66. The summed E-state index contributed by atoms with van der Waals surface area (Å²) in [6.45, 7) is 8.77. The van der Waals surface area contributed by atoms with Gasteiger partial charge in [-0.15, -0.1) is 0 Å². The van der Waals surface area contributed by atoms with Crippen LogP contribution in [-0.2, 0) is 0 Å². The van der Waals surface area contributed by atoms with Crippen molar-refractivity contribution in [3.63, 3.8) is 0 Å². The van der Waals surface area contributed by atoms with Crippen molar-refractivity contribution < 1.29 is 14.3 Å². The number of aryl methyl sites for hydroxylation is 3. The van der Waals surface area contributed by atoms with Gasteiger partial charge < -0.3 is 9.47 Å². The Morgan fingerprint density at radius 3 is 1.96 bits per heavy atom. The van der Waals surface area contributed by atoms with Crippen LogP contribution in [0.1, 0.15) is 40.4 Å². The lowest BCUT2D eigenvalue weighted by Gasteiger charge is -2.12. The van der Waals surface area contributed by atoms with Crippen molar-refractivity contribution in [1.29, 1.82) is 0 Å². The van der Waals surface area contributed by atoms with Gasteiger partial charge in [-0.2, -0.15) is 0 Å². The van der Waals surface area contributed by atoms with E-state index in [1.54, 1.807) is 0 Å². The summed E-state index contributed by atoms with van der Waals surface area (Å²) in [5, 5.41) is 0. The molecule has 0 aliphatic rings. The summed E-state index contributed by atoms with van der Waals surface area (Å²) in [6, 6.07) is 11.4. The summed E-state index contributed by atoms with van der Waals surface area (Å²) in [5.74, 6) is 1.49. The van der Waals surface area contributed by atoms with Crippen LogP contribution in [0.3, 0.4) is 0 Å². The van der Waals surface area contributed by atoms with Crippen LogP contribution in [0.4, 0.5) is 0 Å². The van der Waals surface area contributed by atoms with Gasteiger partial charge in [0.2, 0.25) is 5.78 Å². The van der Waals surface area contributed by atoms with E-state index in [1.807, 2.05) is 57.2 Å². The SMILES string of the molecule is CCCOc1ccc(OCC(=O)c2c(C)cc(C)cc2C)cc1. The van der Waals surface area contributed by atoms with Gasteiger partial charge in [-0.1, -0.05) is 24.6 Å². The van der Waals surface area contributed by atoms with Crippen LogP contribution in [0.2, 0.25) is 0 Å². The molecule has 0 aromatic heterocycles. The maximum Gasteiger partial charge on any atom is 0.200 e. The van der Waals surface area contributed by atoms with Crippen LogP contribution in [0.25, 0.3) is 0 Å². The second-order valence-corrected chi connectivity index (χ2v) is 5.81. The van der Waals surface area contributed by atoms with E-state index >= 15 is 0 Å². The van der Waals surface area contributed by atoms with E-state index in [-0.39, 0.29) is 12.4 Å². The Balaban J connectivity index is 1.99. The first-order valence-corrected chi connectivity index (χ1v) is 7.98. The van der Waals surface area contributed by atoms with Crippen molar-refractivity contribution in [3.05, 3.63) is 58.7 Å². The zero-order valence-corrected chi connectivity index (χ0v) is 14.3. The third-order valence-corrected chi connectivity index (χ3v) is 3.62. The molecule has 0 bridgehead atoms. The van der Waals surface area contributed by atoms with Gasteiger partial charge in [0.25, 0.3) is 0 Å². The maximum atomic E-state index is 12.4. The first-order valence-electron chi connectivity index (χ1n) is 7.98. The Labute approximate surface area is 138 Å². The van der Waals surface area contributed by atoms with E-state index in [2.05, 4.69) is 6.92 Å². The molecule has 0 saturated heterocycles. The molecule has 0 atom stereocenters. The van der Waals surface area contributed by atoms with Crippen LogP contribution < -0.4 is 9.47 Å².